The van der Waals surface area contributed by atoms with Gasteiger partial charge in [-0.25, -0.2) is 4.99 Å². The number of thioether (sulfide) groups is 1. The Balaban J connectivity index is 0.00000625. The molecule has 0 aliphatic rings. The number of guanidine groups is 1. The highest BCUT2D eigenvalue weighted by Crippen LogP contribution is 2.18. The Kier molecular flexibility index (Phi) is 13.9. The van der Waals surface area contributed by atoms with Crippen molar-refractivity contribution in [3.8, 4) is 5.75 Å². The van der Waals surface area contributed by atoms with Crippen LogP contribution in [0.1, 0.15) is 5.56 Å². The van der Waals surface area contributed by atoms with Crippen LogP contribution in [0.15, 0.2) is 41.9 Å². The van der Waals surface area contributed by atoms with Crippen molar-refractivity contribution in [3.63, 3.8) is 0 Å². The topological polar surface area (TPSA) is 66.0 Å². The first-order valence-corrected chi connectivity index (χ1v) is 9.50. The summed E-state index contributed by atoms with van der Waals surface area (Å²) in [5, 5.41) is 6.31. The van der Waals surface area contributed by atoms with E-state index in [1.807, 2.05) is 24.3 Å². The van der Waals surface area contributed by atoms with Crippen molar-refractivity contribution in [1.29, 1.82) is 0 Å². The van der Waals surface area contributed by atoms with E-state index in [9.17, 15) is 4.79 Å². The number of para-hydroxylation sites is 1. The molecule has 8 heteroatoms. The lowest BCUT2D eigenvalue weighted by atomic mass is 10.2. The summed E-state index contributed by atoms with van der Waals surface area (Å²) < 4.78 is 5.65. The number of carbonyl (C=O) groups excluding carboxylic acids is 1. The number of rotatable bonds is 10. The molecule has 0 atom stereocenters. The minimum absolute atomic E-state index is 0. The van der Waals surface area contributed by atoms with Crippen molar-refractivity contribution in [2.75, 3.05) is 45.8 Å². The number of benzene rings is 1. The van der Waals surface area contributed by atoms with Gasteiger partial charge in [-0.05, 0) is 12.3 Å². The van der Waals surface area contributed by atoms with E-state index >= 15 is 0 Å². The molecule has 0 unspecified atom stereocenters. The van der Waals surface area contributed by atoms with Gasteiger partial charge in [0.1, 0.15) is 12.4 Å². The molecule has 0 fully saturated rings. The third-order valence-electron chi connectivity index (χ3n) is 3.24. The molecule has 0 aromatic heterocycles. The van der Waals surface area contributed by atoms with Crippen molar-refractivity contribution < 1.29 is 9.53 Å². The summed E-state index contributed by atoms with van der Waals surface area (Å²) in [7, 11) is 3.46. The van der Waals surface area contributed by atoms with Gasteiger partial charge < -0.3 is 20.3 Å². The third kappa shape index (κ3) is 9.91. The second kappa shape index (κ2) is 14.7. The zero-order valence-electron chi connectivity index (χ0n) is 15.7. The lowest BCUT2D eigenvalue weighted by Gasteiger charge is -2.15. The SMILES string of the molecule is C=CCOc1ccccc1CN=C(NCCSC)NCC(=O)N(C)C.I. The minimum Gasteiger partial charge on any atom is -0.489 e. The molecule has 0 spiro atoms. The number of carbonyl (C=O) groups is 1. The van der Waals surface area contributed by atoms with E-state index in [1.54, 1.807) is 36.8 Å². The van der Waals surface area contributed by atoms with Gasteiger partial charge >= 0.3 is 0 Å². The van der Waals surface area contributed by atoms with Gasteiger partial charge in [0.05, 0.1) is 13.1 Å². The fourth-order valence-electron chi connectivity index (χ4n) is 1.85. The molecule has 0 bridgehead atoms. The molecule has 1 aromatic carbocycles. The van der Waals surface area contributed by atoms with Crippen molar-refractivity contribution in [1.82, 2.24) is 15.5 Å². The van der Waals surface area contributed by atoms with Gasteiger partial charge in [-0.2, -0.15) is 11.8 Å². The Hall–Kier alpha value is -1.42. The van der Waals surface area contributed by atoms with Crippen molar-refractivity contribution >= 4 is 47.6 Å². The Morgan fingerprint density at radius 1 is 1.35 bits per heavy atom. The molecule has 146 valence electrons. The van der Waals surface area contributed by atoms with Crippen LogP contribution in [-0.2, 0) is 11.3 Å². The van der Waals surface area contributed by atoms with E-state index in [0.717, 1.165) is 23.6 Å². The molecular weight excluding hydrogens is 463 g/mol. The lowest BCUT2D eigenvalue weighted by Crippen LogP contribution is -2.43. The van der Waals surface area contributed by atoms with Gasteiger partial charge in [-0.3, -0.25) is 4.79 Å². The Morgan fingerprint density at radius 3 is 2.73 bits per heavy atom. The summed E-state index contributed by atoms with van der Waals surface area (Å²) in [5.41, 5.74) is 0.981. The predicted octanol–water partition coefficient (Wildman–Crippen LogP) is 2.36. The molecule has 2 N–H and O–H groups in total. The van der Waals surface area contributed by atoms with E-state index in [1.165, 1.54) is 0 Å². The van der Waals surface area contributed by atoms with E-state index in [0.29, 0.717) is 19.1 Å². The fraction of sp³-hybridized carbons (Fsp3) is 0.444. The summed E-state index contributed by atoms with van der Waals surface area (Å²) in [6.45, 7) is 5.55. The normalized spacial score (nSPS) is 10.5. The predicted molar refractivity (Wildman–Crippen MR) is 122 cm³/mol. The standard InChI is InChI=1S/C18H28N4O2S.HI/c1-5-11-24-16-9-7-6-8-15(16)13-20-18(19-10-12-25-4)21-14-17(23)22(2)3;/h5-9H,1,10-14H2,2-4H3,(H2,19,20,21);1H. The van der Waals surface area contributed by atoms with Crippen LogP contribution >= 0.6 is 35.7 Å². The lowest BCUT2D eigenvalue weighted by molar-refractivity contribution is -0.127. The van der Waals surface area contributed by atoms with Crippen LogP contribution in [0.25, 0.3) is 0 Å². The zero-order chi connectivity index (χ0) is 18.5. The fourth-order valence-corrected chi connectivity index (χ4v) is 2.16. The van der Waals surface area contributed by atoms with Crippen molar-refractivity contribution in [3.05, 3.63) is 42.5 Å². The number of likely N-dealkylation sites (N-methyl/N-ethyl adjacent to an activating group) is 1. The number of nitrogens with one attached hydrogen (secondary N) is 2. The first kappa shape index (κ1) is 24.6. The maximum Gasteiger partial charge on any atom is 0.241 e. The van der Waals surface area contributed by atoms with Gasteiger partial charge in [0, 0.05) is 32.0 Å². The zero-order valence-corrected chi connectivity index (χ0v) is 18.8. The second-order valence-corrected chi connectivity index (χ2v) is 6.42. The van der Waals surface area contributed by atoms with Gasteiger partial charge in [-0.15, -0.1) is 24.0 Å². The van der Waals surface area contributed by atoms with Gasteiger partial charge in [0.15, 0.2) is 5.96 Å². The average Bonchev–Trinajstić information content (AvgIpc) is 2.62. The highest BCUT2D eigenvalue weighted by atomic mass is 127. The highest BCUT2D eigenvalue weighted by Gasteiger charge is 2.07. The smallest absolute Gasteiger partial charge is 0.241 e. The van der Waals surface area contributed by atoms with E-state index in [-0.39, 0.29) is 36.4 Å². The van der Waals surface area contributed by atoms with Crippen LogP contribution in [0.5, 0.6) is 5.75 Å². The van der Waals surface area contributed by atoms with Crippen LogP contribution < -0.4 is 15.4 Å². The molecule has 1 aromatic rings. The molecular formula is C18H29IN4O2S. The van der Waals surface area contributed by atoms with E-state index < -0.39 is 0 Å². The molecule has 1 rings (SSSR count). The van der Waals surface area contributed by atoms with E-state index in [4.69, 9.17) is 4.74 Å². The Morgan fingerprint density at radius 2 is 2.08 bits per heavy atom. The molecule has 26 heavy (non-hydrogen) atoms. The number of aliphatic imine (C=N–C) groups is 1. The van der Waals surface area contributed by atoms with Crippen LogP contribution in [0.4, 0.5) is 0 Å². The number of nitrogens with zero attached hydrogens (tertiary/aromatic N) is 2. The summed E-state index contributed by atoms with van der Waals surface area (Å²) in [6.07, 6.45) is 3.76. The summed E-state index contributed by atoms with van der Waals surface area (Å²) >= 11 is 1.75. The maximum absolute atomic E-state index is 11.8. The van der Waals surface area contributed by atoms with Gasteiger partial charge in [-0.1, -0.05) is 30.9 Å². The number of hydrogen-bond acceptors (Lipinski definition) is 4. The third-order valence-corrected chi connectivity index (χ3v) is 3.85. The van der Waals surface area contributed by atoms with Crippen LogP contribution in [0.3, 0.4) is 0 Å². The molecule has 0 radical (unpaired) electrons. The second-order valence-electron chi connectivity index (χ2n) is 5.43. The average molecular weight is 492 g/mol. The molecule has 0 aliphatic heterocycles. The van der Waals surface area contributed by atoms with Crippen molar-refractivity contribution in [2.24, 2.45) is 4.99 Å². The first-order chi connectivity index (χ1) is 12.1. The minimum atomic E-state index is -0.00548. The number of hydrogen-bond donors (Lipinski definition) is 2. The molecule has 0 aliphatic carbocycles. The van der Waals surface area contributed by atoms with Crippen LogP contribution in [0, 0.1) is 0 Å². The monoisotopic (exact) mass is 492 g/mol. The Labute approximate surface area is 177 Å². The van der Waals surface area contributed by atoms with Crippen molar-refractivity contribution in [2.45, 2.75) is 6.54 Å². The highest BCUT2D eigenvalue weighted by molar-refractivity contribution is 14.0. The van der Waals surface area contributed by atoms with Crippen LogP contribution in [-0.4, -0.2) is 62.6 Å². The number of halogens is 1. The number of ether oxygens (including phenoxy) is 1. The molecule has 0 saturated heterocycles. The van der Waals surface area contributed by atoms with E-state index in [2.05, 4.69) is 28.5 Å². The summed E-state index contributed by atoms with van der Waals surface area (Å²) in [6, 6.07) is 7.78. The molecule has 0 heterocycles. The molecule has 0 saturated carbocycles. The molecule has 6 nitrogen and oxygen atoms in total. The largest absolute Gasteiger partial charge is 0.489 e. The number of amides is 1. The summed E-state index contributed by atoms with van der Waals surface area (Å²) in [4.78, 5) is 17.9. The maximum atomic E-state index is 11.8. The van der Waals surface area contributed by atoms with Gasteiger partial charge in [0.25, 0.3) is 0 Å². The quantitative estimate of drug-likeness (QED) is 0.173. The Bertz CT molecular complexity index is 582. The van der Waals surface area contributed by atoms with Crippen LogP contribution in [0.2, 0.25) is 0 Å². The summed E-state index contributed by atoms with van der Waals surface area (Å²) in [5.74, 6) is 2.36. The van der Waals surface area contributed by atoms with Gasteiger partial charge in [0.2, 0.25) is 5.91 Å². The first-order valence-electron chi connectivity index (χ1n) is 8.11. The molecule has 1 amide bonds.